The fourth-order valence-corrected chi connectivity index (χ4v) is 4.99. The minimum atomic E-state index is -3.39. The fourth-order valence-electron chi connectivity index (χ4n) is 3.07. The highest BCUT2D eigenvalue weighted by Gasteiger charge is 2.48. The topological polar surface area (TPSA) is 86.7 Å². The van der Waals surface area contributed by atoms with Crippen molar-refractivity contribution in [3.63, 3.8) is 0 Å². The SMILES string of the molecule is CC#CCC(C/C=C/[C@@H]1C[C@H]1S(=O)(=O)c1ccccc1)(C(=O)OC)C(=O)OC. The molecule has 0 bridgehead atoms. The molecule has 0 aliphatic heterocycles. The maximum absolute atomic E-state index is 12.6. The number of ether oxygens (including phenoxy) is 2. The molecule has 0 amide bonds. The van der Waals surface area contributed by atoms with Gasteiger partial charge >= 0.3 is 11.9 Å². The molecule has 2 rings (SSSR count). The molecule has 0 N–H and O–H groups in total. The van der Waals surface area contributed by atoms with Crippen molar-refractivity contribution in [2.75, 3.05) is 14.2 Å². The molecule has 2 atom stereocenters. The monoisotopic (exact) mass is 404 g/mol. The van der Waals surface area contributed by atoms with E-state index < -0.39 is 32.4 Å². The summed E-state index contributed by atoms with van der Waals surface area (Å²) in [5.41, 5.74) is -1.56. The average molecular weight is 404 g/mol. The van der Waals surface area contributed by atoms with Crippen LogP contribution < -0.4 is 0 Å². The van der Waals surface area contributed by atoms with Gasteiger partial charge in [-0.3, -0.25) is 9.59 Å². The van der Waals surface area contributed by atoms with E-state index in [0.717, 1.165) is 0 Å². The zero-order valence-corrected chi connectivity index (χ0v) is 17.0. The van der Waals surface area contributed by atoms with Crippen LogP contribution in [0.2, 0.25) is 0 Å². The number of hydrogen-bond donors (Lipinski definition) is 0. The zero-order valence-electron chi connectivity index (χ0n) is 16.2. The van der Waals surface area contributed by atoms with E-state index in [1.165, 1.54) is 14.2 Å². The first-order valence-corrected chi connectivity index (χ1v) is 10.4. The molecule has 0 spiro atoms. The highest BCUT2D eigenvalue weighted by atomic mass is 32.2. The van der Waals surface area contributed by atoms with E-state index in [2.05, 4.69) is 11.8 Å². The normalized spacial score (nSPS) is 18.8. The second-order valence-corrected chi connectivity index (χ2v) is 8.76. The Bertz CT molecular complexity index is 889. The first-order chi connectivity index (χ1) is 13.3. The second-order valence-electron chi connectivity index (χ2n) is 6.60. The summed E-state index contributed by atoms with van der Waals surface area (Å²) in [6.07, 6.45) is 3.88. The predicted molar refractivity (Wildman–Crippen MR) is 104 cm³/mol. The van der Waals surface area contributed by atoms with Crippen molar-refractivity contribution < 1.29 is 27.5 Å². The predicted octanol–water partition coefficient (Wildman–Crippen LogP) is 2.54. The van der Waals surface area contributed by atoms with E-state index in [4.69, 9.17) is 9.47 Å². The van der Waals surface area contributed by atoms with Crippen molar-refractivity contribution in [3.05, 3.63) is 42.5 Å². The van der Waals surface area contributed by atoms with Gasteiger partial charge in [-0.2, -0.15) is 0 Å². The standard InChI is InChI=1S/C21H24O6S/c1-4-5-13-21(19(22)26-2,20(23)27-3)14-9-10-16-15-18(16)28(24,25)17-11-7-6-8-12-17/h6-12,16,18H,13-15H2,1-3H3/b10-9+/t16-,18-/m1/s1. The van der Waals surface area contributed by atoms with Crippen LogP contribution >= 0.6 is 0 Å². The van der Waals surface area contributed by atoms with E-state index >= 15 is 0 Å². The van der Waals surface area contributed by atoms with Crippen LogP contribution in [0.15, 0.2) is 47.4 Å². The van der Waals surface area contributed by atoms with Crippen molar-refractivity contribution in [2.24, 2.45) is 11.3 Å². The van der Waals surface area contributed by atoms with Gasteiger partial charge in [-0.1, -0.05) is 30.4 Å². The lowest BCUT2D eigenvalue weighted by atomic mass is 9.81. The summed E-state index contributed by atoms with van der Waals surface area (Å²) in [4.78, 5) is 24.9. The van der Waals surface area contributed by atoms with Crippen LogP contribution in [0.25, 0.3) is 0 Å². The maximum atomic E-state index is 12.6. The number of carbonyl (C=O) groups excluding carboxylic acids is 2. The van der Waals surface area contributed by atoms with Crippen LogP contribution in [0.5, 0.6) is 0 Å². The Morgan fingerprint density at radius 3 is 2.32 bits per heavy atom. The first-order valence-electron chi connectivity index (χ1n) is 8.85. The van der Waals surface area contributed by atoms with E-state index in [1.54, 1.807) is 49.4 Å². The van der Waals surface area contributed by atoms with Gasteiger partial charge in [0.15, 0.2) is 15.3 Å². The summed E-state index contributed by atoms with van der Waals surface area (Å²) in [5.74, 6) is 3.81. The Kier molecular flexibility index (Phi) is 7.03. The molecule has 1 fully saturated rings. The summed E-state index contributed by atoms with van der Waals surface area (Å²) in [7, 11) is -0.992. The van der Waals surface area contributed by atoms with E-state index in [9.17, 15) is 18.0 Å². The van der Waals surface area contributed by atoms with E-state index in [1.807, 2.05) is 0 Å². The smallest absolute Gasteiger partial charge is 0.324 e. The third-order valence-electron chi connectivity index (χ3n) is 4.82. The van der Waals surface area contributed by atoms with Gasteiger partial charge in [0.1, 0.15) is 0 Å². The number of sulfone groups is 1. The number of allylic oxidation sites excluding steroid dienone is 2. The molecular formula is C21H24O6S. The van der Waals surface area contributed by atoms with Gasteiger partial charge in [-0.25, -0.2) is 8.42 Å². The first kappa shape index (κ1) is 21.7. The van der Waals surface area contributed by atoms with Gasteiger partial charge in [-0.05, 0) is 37.8 Å². The molecule has 6 nitrogen and oxygen atoms in total. The molecule has 7 heteroatoms. The lowest BCUT2D eigenvalue weighted by Gasteiger charge is -2.24. The molecule has 0 unspecified atom stereocenters. The Morgan fingerprint density at radius 2 is 1.79 bits per heavy atom. The third kappa shape index (κ3) is 4.45. The van der Waals surface area contributed by atoms with Gasteiger partial charge in [-0.15, -0.1) is 11.8 Å². The van der Waals surface area contributed by atoms with Gasteiger partial charge in [0.25, 0.3) is 0 Å². The summed E-state index contributed by atoms with van der Waals surface area (Å²) in [5, 5.41) is -0.493. The van der Waals surface area contributed by atoms with Gasteiger partial charge < -0.3 is 9.47 Å². The maximum Gasteiger partial charge on any atom is 0.324 e. The second kappa shape index (κ2) is 9.07. The van der Waals surface area contributed by atoms with Crippen LogP contribution in [-0.4, -0.2) is 39.8 Å². The minimum absolute atomic E-state index is 0.0234. The highest BCUT2D eigenvalue weighted by molar-refractivity contribution is 7.92. The number of esters is 2. The lowest BCUT2D eigenvalue weighted by Crippen LogP contribution is -2.40. The van der Waals surface area contributed by atoms with Crippen molar-refractivity contribution in [1.29, 1.82) is 0 Å². The quantitative estimate of drug-likeness (QED) is 0.286. The molecule has 1 aromatic rings. The van der Waals surface area contributed by atoms with Gasteiger partial charge in [0.05, 0.1) is 24.4 Å². The Hall–Kier alpha value is -2.59. The summed E-state index contributed by atoms with van der Waals surface area (Å²) in [6.45, 7) is 1.61. The molecule has 1 aromatic carbocycles. The van der Waals surface area contributed by atoms with Crippen molar-refractivity contribution >= 4 is 21.8 Å². The number of methoxy groups -OCH3 is 2. The zero-order chi connectivity index (χ0) is 20.8. The summed E-state index contributed by atoms with van der Waals surface area (Å²) < 4.78 is 34.8. The molecule has 1 saturated carbocycles. The molecule has 0 radical (unpaired) electrons. The van der Waals surface area contributed by atoms with Crippen molar-refractivity contribution in [2.45, 2.75) is 36.3 Å². The Labute approximate surface area is 165 Å². The molecular weight excluding hydrogens is 380 g/mol. The van der Waals surface area contributed by atoms with Crippen LogP contribution in [0.3, 0.4) is 0 Å². The molecule has 1 aliphatic carbocycles. The van der Waals surface area contributed by atoms with Crippen molar-refractivity contribution in [1.82, 2.24) is 0 Å². The van der Waals surface area contributed by atoms with Gasteiger partial charge in [0, 0.05) is 6.42 Å². The van der Waals surface area contributed by atoms with Crippen LogP contribution in [-0.2, 0) is 28.9 Å². The largest absolute Gasteiger partial charge is 0.468 e. The molecule has 28 heavy (non-hydrogen) atoms. The minimum Gasteiger partial charge on any atom is -0.468 e. The van der Waals surface area contributed by atoms with Crippen LogP contribution in [0.4, 0.5) is 0 Å². The third-order valence-corrected chi connectivity index (χ3v) is 7.09. The molecule has 0 saturated heterocycles. The number of hydrogen-bond acceptors (Lipinski definition) is 6. The average Bonchev–Trinajstić information content (AvgIpc) is 3.50. The molecule has 1 aliphatic rings. The Morgan fingerprint density at radius 1 is 1.18 bits per heavy atom. The van der Waals surface area contributed by atoms with Crippen LogP contribution in [0.1, 0.15) is 26.2 Å². The van der Waals surface area contributed by atoms with E-state index in [0.29, 0.717) is 11.3 Å². The van der Waals surface area contributed by atoms with Gasteiger partial charge in [0.2, 0.25) is 0 Å². The highest BCUT2D eigenvalue weighted by Crippen LogP contribution is 2.42. The van der Waals surface area contributed by atoms with E-state index in [-0.39, 0.29) is 18.8 Å². The Balaban J connectivity index is 2.15. The number of carbonyl (C=O) groups is 2. The van der Waals surface area contributed by atoms with Crippen molar-refractivity contribution in [3.8, 4) is 11.8 Å². The molecule has 150 valence electrons. The molecule has 0 heterocycles. The summed E-state index contributed by atoms with van der Waals surface area (Å²) >= 11 is 0. The molecule has 0 aromatic heterocycles. The number of rotatable bonds is 8. The summed E-state index contributed by atoms with van der Waals surface area (Å²) in [6, 6.07) is 8.31. The van der Waals surface area contributed by atoms with Crippen LogP contribution in [0, 0.1) is 23.2 Å². The fraction of sp³-hybridized carbons (Fsp3) is 0.429. The number of benzene rings is 1. The lowest BCUT2D eigenvalue weighted by molar-refractivity contribution is -0.168.